The third-order valence-electron chi connectivity index (χ3n) is 5.33. The van der Waals surface area contributed by atoms with Crippen LogP contribution < -0.4 is 5.32 Å². The number of carbonyl (C=O) groups is 2. The molecule has 0 aromatic heterocycles. The molecular weight excluding hydrogens is 416 g/mol. The van der Waals surface area contributed by atoms with Crippen LogP contribution in [0.4, 0.5) is 0 Å². The van der Waals surface area contributed by atoms with Crippen molar-refractivity contribution < 1.29 is 9.59 Å². The van der Waals surface area contributed by atoms with E-state index in [-0.39, 0.29) is 17.9 Å². The maximum atomic E-state index is 13.1. The van der Waals surface area contributed by atoms with Gasteiger partial charge in [-0.25, -0.2) is 0 Å². The van der Waals surface area contributed by atoms with E-state index < -0.39 is 6.04 Å². The van der Waals surface area contributed by atoms with Crippen LogP contribution in [0, 0.1) is 0 Å². The molecular formula is C23H27BrN2O2. The summed E-state index contributed by atoms with van der Waals surface area (Å²) in [5, 5.41) is 3.13. The highest BCUT2D eigenvalue weighted by Gasteiger charge is 2.28. The number of rotatable bonds is 7. The molecule has 148 valence electrons. The van der Waals surface area contributed by atoms with Crippen LogP contribution in [0.25, 0.3) is 0 Å². The lowest BCUT2D eigenvalue weighted by molar-refractivity contribution is -0.140. The molecule has 1 aliphatic carbocycles. The number of nitrogens with one attached hydrogen (secondary N) is 1. The van der Waals surface area contributed by atoms with Crippen LogP contribution in [0.2, 0.25) is 0 Å². The molecule has 0 radical (unpaired) electrons. The smallest absolute Gasteiger partial charge is 0.242 e. The number of hydrogen-bond donors (Lipinski definition) is 1. The van der Waals surface area contributed by atoms with Gasteiger partial charge in [0, 0.05) is 17.1 Å². The fourth-order valence-electron chi connectivity index (χ4n) is 3.63. The Kier molecular flexibility index (Phi) is 7.26. The van der Waals surface area contributed by atoms with Crippen molar-refractivity contribution in [1.29, 1.82) is 0 Å². The van der Waals surface area contributed by atoms with Crippen LogP contribution in [0.3, 0.4) is 0 Å². The highest BCUT2D eigenvalue weighted by Crippen LogP contribution is 2.19. The monoisotopic (exact) mass is 442 g/mol. The van der Waals surface area contributed by atoms with Gasteiger partial charge in [0.05, 0.1) is 6.42 Å². The minimum absolute atomic E-state index is 0.0387. The first-order chi connectivity index (χ1) is 13.5. The summed E-state index contributed by atoms with van der Waals surface area (Å²) >= 11 is 3.44. The fourth-order valence-corrected chi connectivity index (χ4v) is 3.90. The van der Waals surface area contributed by atoms with E-state index >= 15 is 0 Å². The summed E-state index contributed by atoms with van der Waals surface area (Å²) in [6, 6.07) is 17.3. The summed E-state index contributed by atoms with van der Waals surface area (Å²) < 4.78 is 0.991. The van der Waals surface area contributed by atoms with Crippen LogP contribution in [0.1, 0.15) is 43.7 Å². The number of halogens is 1. The van der Waals surface area contributed by atoms with Crippen molar-refractivity contribution in [3.8, 4) is 0 Å². The molecule has 1 unspecified atom stereocenters. The first-order valence-electron chi connectivity index (χ1n) is 9.91. The quantitative estimate of drug-likeness (QED) is 0.687. The first-order valence-corrected chi connectivity index (χ1v) is 10.7. The minimum Gasteiger partial charge on any atom is -0.352 e. The number of nitrogens with zero attached hydrogens (tertiary/aromatic N) is 1. The molecule has 1 aliphatic rings. The third-order valence-corrected chi connectivity index (χ3v) is 5.86. The molecule has 4 nitrogen and oxygen atoms in total. The van der Waals surface area contributed by atoms with Crippen LogP contribution in [0.5, 0.6) is 0 Å². The molecule has 0 spiro atoms. The predicted molar refractivity (Wildman–Crippen MR) is 115 cm³/mol. The van der Waals surface area contributed by atoms with Gasteiger partial charge in [-0.05, 0) is 43.0 Å². The van der Waals surface area contributed by atoms with Crippen molar-refractivity contribution in [3.63, 3.8) is 0 Å². The van der Waals surface area contributed by atoms with Crippen LogP contribution >= 0.6 is 15.9 Å². The maximum Gasteiger partial charge on any atom is 0.242 e. The molecule has 1 atom stereocenters. The zero-order valence-electron chi connectivity index (χ0n) is 16.2. The molecule has 1 fully saturated rings. The van der Waals surface area contributed by atoms with Crippen LogP contribution in [-0.4, -0.2) is 28.8 Å². The Hall–Kier alpha value is -2.14. The van der Waals surface area contributed by atoms with E-state index in [2.05, 4.69) is 21.2 Å². The van der Waals surface area contributed by atoms with E-state index in [0.29, 0.717) is 13.0 Å². The average molecular weight is 443 g/mol. The van der Waals surface area contributed by atoms with E-state index in [1.165, 1.54) is 0 Å². The van der Waals surface area contributed by atoms with Crippen molar-refractivity contribution in [2.75, 3.05) is 0 Å². The number of hydrogen-bond acceptors (Lipinski definition) is 2. The lowest BCUT2D eigenvalue weighted by Crippen LogP contribution is -2.50. The van der Waals surface area contributed by atoms with Gasteiger partial charge < -0.3 is 10.2 Å². The number of amides is 2. The normalized spacial score (nSPS) is 15.2. The number of benzene rings is 2. The summed E-state index contributed by atoms with van der Waals surface area (Å²) in [6.45, 7) is 2.24. The highest BCUT2D eigenvalue weighted by atomic mass is 79.9. The van der Waals surface area contributed by atoms with Crippen LogP contribution in [0.15, 0.2) is 59.1 Å². The summed E-state index contributed by atoms with van der Waals surface area (Å²) in [6.07, 6.45) is 4.68. The zero-order chi connectivity index (χ0) is 19.9. The lowest BCUT2D eigenvalue weighted by Gasteiger charge is -2.30. The highest BCUT2D eigenvalue weighted by molar-refractivity contribution is 9.10. The summed E-state index contributed by atoms with van der Waals surface area (Å²) in [5.74, 6) is -0.103. The van der Waals surface area contributed by atoms with E-state index in [0.717, 1.165) is 41.3 Å². The Labute approximate surface area is 175 Å². The van der Waals surface area contributed by atoms with Gasteiger partial charge in [-0.1, -0.05) is 71.2 Å². The van der Waals surface area contributed by atoms with E-state index in [1.807, 2.05) is 61.5 Å². The average Bonchev–Trinajstić information content (AvgIpc) is 3.20. The first kappa shape index (κ1) is 20.6. The van der Waals surface area contributed by atoms with Gasteiger partial charge in [0.1, 0.15) is 6.04 Å². The van der Waals surface area contributed by atoms with Crippen molar-refractivity contribution in [3.05, 3.63) is 70.2 Å². The van der Waals surface area contributed by atoms with Crippen molar-refractivity contribution in [2.45, 2.75) is 57.7 Å². The molecule has 2 aromatic rings. The molecule has 5 heteroatoms. The van der Waals surface area contributed by atoms with Gasteiger partial charge in [-0.2, -0.15) is 0 Å². The van der Waals surface area contributed by atoms with E-state index in [4.69, 9.17) is 0 Å². The third kappa shape index (κ3) is 5.68. The van der Waals surface area contributed by atoms with Crippen molar-refractivity contribution >= 4 is 27.7 Å². The van der Waals surface area contributed by atoms with Gasteiger partial charge in [0.2, 0.25) is 11.8 Å². The van der Waals surface area contributed by atoms with Gasteiger partial charge in [-0.3, -0.25) is 9.59 Å². The standard InChI is InChI=1S/C23H27BrN2O2/c1-17(23(28)25-21-9-5-6-10-21)26(16-19-11-13-20(24)14-12-19)22(27)15-18-7-3-2-4-8-18/h2-4,7-8,11-14,17,21H,5-6,9-10,15-16H2,1H3,(H,25,28). The fraction of sp³-hybridized carbons (Fsp3) is 0.391. The molecule has 28 heavy (non-hydrogen) atoms. The second kappa shape index (κ2) is 9.87. The van der Waals surface area contributed by atoms with Gasteiger partial charge in [-0.15, -0.1) is 0 Å². The van der Waals surface area contributed by atoms with Crippen molar-refractivity contribution in [1.82, 2.24) is 10.2 Å². The SMILES string of the molecule is CC(C(=O)NC1CCCC1)N(Cc1ccc(Br)cc1)C(=O)Cc1ccccc1. The number of carbonyl (C=O) groups excluding carboxylic acids is 2. The van der Waals surface area contributed by atoms with Crippen molar-refractivity contribution in [2.24, 2.45) is 0 Å². The Bertz CT molecular complexity index is 786. The topological polar surface area (TPSA) is 49.4 Å². The second-order valence-corrected chi connectivity index (χ2v) is 8.39. The van der Waals surface area contributed by atoms with E-state index in [1.54, 1.807) is 4.90 Å². The van der Waals surface area contributed by atoms with Gasteiger partial charge >= 0.3 is 0 Å². The predicted octanol–water partition coefficient (Wildman–Crippen LogP) is 4.47. The maximum absolute atomic E-state index is 13.1. The zero-order valence-corrected chi connectivity index (χ0v) is 17.8. The molecule has 2 aromatic carbocycles. The Balaban J connectivity index is 1.74. The molecule has 0 heterocycles. The molecule has 0 bridgehead atoms. The Morgan fingerprint density at radius 3 is 2.32 bits per heavy atom. The lowest BCUT2D eigenvalue weighted by atomic mass is 10.1. The molecule has 1 N–H and O–H groups in total. The summed E-state index contributed by atoms with van der Waals surface area (Å²) in [4.78, 5) is 27.6. The minimum atomic E-state index is -0.513. The molecule has 0 aliphatic heterocycles. The van der Waals surface area contributed by atoms with Crippen LogP contribution in [-0.2, 0) is 22.6 Å². The Morgan fingerprint density at radius 2 is 1.68 bits per heavy atom. The largest absolute Gasteiger partial charge is 0.352 e. The molecule has 3 rings (SSSR count). The summed E-state index contributed by atoms with van der Waals surface area (Å²) in [5.41, 5.74) is 1.96. The Morgan fingerprint density at radius 1 is 1.04 bits per heavy atom. The summed E-state index contributed by atoms with van der Waals surface area (Å²) in [7, 11) is 0. The van der Waals surface area contributed by atoms with E-state index in [9.17, 15) is 9.59 Å². The molecule has 2 amide bonds. The molecule has 0 saturated heterocycles. The van der Waals surface area contributed by atoms with Gasteiger partial charge in [0.15, 0.2) is 0 Å². The second-order valence-electron chi connectivity index (χ2n) is 7.48. The molecule has 1 saturated carbocycles. The van der Waals surface area contributed by atoms with Gasteiger partial charge in [0.25, 0.3) is 0 Å².